The van der Waals surface area contributed by atoms with Crippen LogP contribution in [0.4, 0.5) is 0 Å². The fourth-order valence-corrected chi connectivity index (χ4v) is 1.82. The van der Waals surface area contributed by atoms with Gasteiger partial charge >= 0.3 is 8.26 Å². The molecule has 0 saturated heterocycles. The van der Waals surface area contributed by atoms with E-state index in [1.165, 1.54) is 5.56 Å². The fourth-order valence-electron chi connectivity index (χ4n) is 1.26. The summed E-state index contributed by atoms with van der Waals surface area (Å²) in [7, 11) is 4.81. The minimum atomic E-state index is -3.72. The molecule has 2 rings (SSSR count). The van der Waals surface area contributed by atoms with E-state index in [1.54, 1.807) is 0 Å². The van der Waals surface area contributed by atoms with Gasteiger partial charge in [-0.25, -0.2) is 0 Å². The molecule has 1 aromatic rings. The molecule has 0 amide bonds. The van der Waals surface area contributed by atoms with E-state index in [4.69, 9.17) is 31.6 Å². The molecule has 90 valence electrons. The van der Waals surface area contributed by atoms with Gasteiger partial charge in [0.2, 0.25) is 0 Å². The molecule has 0 bridgehead atoms. The predicted octanol–water partition coefficient (Wildman–Crippen LogP) is 4.06. The van der Waals surface area contributed by atoms with Crippen LogP contribution in [0.5, 0.6) is 0 Å². The molecule has 0 heterocycles. The third-order valence-electron chi connectivity index (χ3n) is 2.03. The highest BCUT2D eigenvalue weighted by Crippen LogP contribution is 2.59. The largest absolute Gasteiger partial charge is 0.317 e. The first kappa shape index (κ1) is 14.4. The lowest BCUT2D eigenvalue weighted by Gasteiger charge is -1.98. The summed E-state index contributed by atoms with van der Waals surface area (Å²) in [6, 6.07) is 10.2. The smallest absolute Gasteiger partial charge is 0.195 e. The van der Waals surface area contributed by atoms with Gasteiger partial charge in [0.1, 0.15) is 4.33 Å². The number of hydrogen-bond acceptors (Lipinski definition) is 2. The van der Waals surface area contributed by atoms with E-state index in [0.717, 1.165) is 6.42 Å². The van der Waals surface area contributed by atoms with Crippen molar-refractivity contribution in [2.75, 3.05) is 0 Å². The number of hydrogen-bond donors (Lipinski definition) is 0. The number of alkyl halides is 2. The van der Waals surface area contributed by atoms with E-state index in [0.29, 0.717) is 5.92 Å². The molecule has 1 saturated carbocycles. The van der Waals surface area contributed by atoms with Gasteiger partial charge in [0, 0.05) is 27.3 Å². The first-order chi connectivity index (χ1) is 7.20. The molecule has 1 unspecified atom stereocenters. The maximum atomic E-state index is 9.16. The molecule has 16 heavy (non-hydrogen) atoms. The Morgan fingerprint density at radius 3 is 1.81 bits per heavy atom. The molecular weight excluding hydrogens is 314 g/mol. The van der Waals surface area contributed by atoms with Gasteiger partial charge in [-0.05, 0) is 12.0 Å². The van der Waals surface area contributed by atoms with Crippen molar-refractivity contribution in [3.8, 4) is 0 Å². The second-order valence-corrected chi connectivity index (χ2v) is 8.52. The van der Waals surface area contributed by atoms with Gasteiger partial charge in [-0.2, -0.15) is 8.42 Å². The van der Waals surface area contributed by atoms with Crippen LogP contribution in [0.3, 0.4) is 0 Å². The molecule has 7 heteroatoms. The summed E-state index contributed by atoms with van der Waals surface area (Å²) in [5.74, 6) is 0.354. The molecule has 2 nitrogen and oxygen atoms in total. The molecule has 1 aliphatic carbocycles. The first-order valence-corrected chi connectivity index (χ1v) is 8.16. The third kappa shape index (κ3) is 5.60. The number of rotatable bonds is 1. The zero-order valence-corrected chi connectivity index (χ0v) is 11.7. The van der Waals surface area contributed by atoms with Gasteiger partial charge < -0.3 is 0 Å². The summed E-state index contributed by atoms with van der Waals surface area (Å²) in [5.41, 5.74) is 1.25. The second kappa shape index (κ2) is 5.32. The van der Waals surface area contributed by atoms with E-state index in [2.05, 4.69) is 33.5 Å². The van der Waals surface area contributed by atoms with E-state index in [9.17, 15) is 0 Å². The highest BCUT2D eigenvalue weighted by molar-refractivity contribution is 8.31. The van der Waals surface area contributed by atoms with Gasteiger partial charge in [0.25, 0.3) is 0 Å². The summed E-state index contributed by atoms with van der Waals surface area (Å²) < 4.78 is 17.8. The van der Waals surface area contributed by atoms with Crippen LogP contribution in [0.1, 0.15) is 17.9 Å². The quantitative estimate of drug-likeness (QED) is 0.577. The molecular formula is C9H8Cl4O2S. The molecule has 1 fully saturated rings. The Labute approximate surface area is 113 Å². The van der Waals surface area contributed by atoms with Crippen LogP contribution >= 0.6 is 44.6 Å². The lowest BCUT2D eigenvalue weighted by molar-refractivity contribution is 0.621. The zero-order chi connectivity index (χ0) is 12.4. The van der Waals surface area contributed by atoms with Crippen LogP contribution in [0, 0.1) is 0 Å². The number of halogens is 4. The summed E-state index contributed by atoms with van der Waals surface area (Å²) in [5, 5.41) is 0. The lowest BCUT2D eigenvalue weighted by atomic mass is 10.1. The molecule has 1 atom stereocenters. The molecule has 0 aliphatic heterocycles. The Morgan fingerprint density at radius 1 is 1.12 bits per heavy atom. The zero-order valence-electron chi connectivity index (χ0n) is 7.91. The average Bonchev–Trinajstić information content (AvgIpc) is 2.74. The maximum Gasteiger partial charge on any atom is 0.317 e. The van der Waals surface area contributed by atoms with Crippen LogP contribution in [-0.2, 0) is 8.26 Å². The first-order valence-electron chi connectivity index (χ1n) is 4.27. The van der Waals surface area contributed by atoms with Gasteiger partial charge in [0.15, 0.2) is 0 Å². The molecule has 1 aliphatic rings. The van der Waals surface area contributed by atoms with E-state index in [-0.39, 0.29) is 0 Å². The Hall–Kier alpha value is 0.330. The van der Waals surface area contributed by atoms with Crippen molar-refractivity contribution in [2.24, 2.45) is 0 Å². The van der Waals surface area contributed by atoms with Crippen LogP contribution in [0.15, 0.2) is 30.3 Å². The molecule has 0 aromatic heterocycles. The summed E-state index contributed by atoms with van der Waals surface area (Å²) in [6.45, 7) is 0. The van der Waals surface area contributed by atoms with Crippen molar-refractivity contribution in [3.05, 3.63) is 35.9 Å². The predicted molar refractivity (Wildman–Crippen MR) is 68.9 cm³/mol. The second-order valence-electron chi connectivity index (χ2n) is 3.31. The Kier molecular flexibility index (Phi) is 4.78. The Morgan fingerprint density at radius 2 is 1.50 bits per heavy atom. The highest BCUT2D eigenvalue weighted by atomic mass is 36.0. The van der Waals surface area contributed by atoms with Gasteiger partial charge in [-0.1, -0.05) is 30.3 Å². The van der Waals surface area contributed by atoms with Gasteiger partial charge in [-0.15, -0.1) is 23.2 Å². The standard InChI is InChI=1S/C9H8Cl2.Cl2O2S/c10-9(11)6-8(9)7-4-2-1-3-5-7;1-5(2,3)4/h1-5,8H,6H2;. The third-order valence-corrected chi connectivity index (χ3v) is 2.86. The van der Waals surface area contributed by atoms with Gasteiger partial charge in [-0.3, -0.25) is 0 Å². The van der Waals surface area contributed by atoms with E-state index in [1.807, 2.05) is 18.2 Å². The highest BCUT2D eigenvalue weighted by Gasteiger charge is 2.52. The minimum absolute atomic E-state index is 0.354. The summed E-state index contributed by atoms with van der Waals surface area (Å²) in [4.78, 5) is 0. The number of benzene rings is 1. The van der Waals surface area contributed by atoms with Crippen LogP contribution in [-0.4, -0.2) is 12.8 Å². The van der Waals surface area contributed by atoms with Crippen LogP contribution in [0.25, 0.3) is 0 Å². The van der Waals surface area contributed by atoms with Crippen molar-refractivity contribution in [1.29, 1.82) is 0 Å². The summed E-state index contributed by atoms with van der Waals surface area (Å²) in [6.07, 6.45) is 0.889. The van der Waals surface area contributed by atoms with Crippen molar-refractivity contribution in [3.63, 3.8) is 0 Å². The van der Waals surface area contributed by atoms with Crippen LogP contribution in [0.2, 0.25) is 0 Å². The molecule has 0 spiro atoms. The normalized spacial score (nSPS) is 21.9. The fraction of sp³-hybridized carbons (Fsp3) is 0.333. The molecule has 0 radical (unpaired) electrons. The van der Waals surface area contributed by atoms with E-state index < -0.39 is 12.6 Å². The van der Waals surface area contributed by atoms with Gasteiger partial charge in [0.05, 0.1) is 0 Å². The topological polar surface area (TPSA) is 34.1 Å². The molecule has 1 aromatic carbocycles. The molecule has 0 N–H and O–H groups in total. The van der Waals surface area contributed by atoms with E-state index >= 15 is 0 Å². The van der Waals surface area contributed by atoms with Crippen molar-refractivity contribution < 1.29 is 8.42 Å². The average molecular weight is 322 g/mol. The Balaban J connectivity index is 0.000000221. The summed E-state index contributed by atoms with van der Waals surface area (Å²) >= 11 is 11.8. The van der Waals surface area contributed by atoms with Crippen molar-refractivity contribution >= 4 is 52.8 Å². The minimum Gasteiger partial charge on any atom is -0.195 e. The maximum absolute atomic E-state index is 9.16. The Bertz CT molecular complexity index is 436. The SMILES string of the molecule is ClC1(Cl)CC1c1ccccc1.O=S(=O)(Cl)Cl. The lowest BCUT2D eigenvalue weighted by Crippen LogP contribution is -1.88. The van der Waals surface area contributed by atoms with Crippen molar-refractivity contribution in [2.45, 2.75) is 16.7 Å². The van der Waals surface area contributed by atoms with Crippen LogP contribution < -0.4 is 0 Å². The monoisotopic (exact) mass is 320 g/mol. The van der Waals surface area contributed by atoms with Crippen molar-refractivity contribution in [1.82, 2.24) is 0 Å².